The number of β-amino-alcohol motifs (C(OH)–C–C–N with tert-alkyl or cyclic N) is 1. The smallest absolute Gasteiger partial charge is 0.326 e. The standard InChI is InChI=1S/C13H13NO6/c15-8-4-9(13(17)18)14(5-8)12(16)7-1-2-10-11(3-7)20-6-19-10/h1-3,8-9,15H,4-6H2,(H,17,18)/t8-,9-/m1/s1. The largest absolute Gasteiger partial charge is 0.480 e. The van der Waals surface area contributed by atoms with Crippen LogP contribution in [0.1, 0.15) is 16.8 Å². The number of hydrogen-bond acceptors (Lipinski definition) is 5. The Balaban J connectivity index is 1.86. The van der Waals surface area contributed by atoms with Gasteiger partial charge < -0.3 is 24.6 Å². The average molecular weight is 279 g/mol. The number of carbonyl (C=O) groups excluding carboxylic acids is 1. The van der Waals surface area contributed by atoms with Gasteiger partial charge in [0.25, 0.3) is 5.91 Å². The summed E-state index contributed by atoms with van der Waals surface area (Å²) in [6, 6.07) is 3.69. The Morgan fingerprint density at radius 2 is 2.00 bits per heavy atom. The Morgan fingerprint density at radius 3 is 2.75 bits per heavy atom. The third-order valence-electron chi connectivity index (χ3n) is 3.44. The van der Waals surface area contributed by atoms with Crippen molar-refractivity contribution < 1.29 is 29.3 Å². The van der Waals surface area contributed by atoms with Crippen LogP contribution in [0.5, 0.6) is 11.5 Å². The van der Waals surface area contributed by atoms with Crippen molar-refractivity contribution in [2.75, 3.05) is 13.3 Å². The number of carbonyl (C=O) groups is 2. The maximum Gasteiger partial charge on any atom is 0.326 e. The predicted molar refractivity (Wildman–Crippen MR) is 65.6 cm³/mol. The van der Waals surface area contributed by atoms with E-state index in [4.69, 9.17) is 14.6 Å². The molecule has 106 valence electrons. The number of aliphatic carboxylic acids is 1. The third kappa shape index (κ3) is 2.05. The van der Waals surface area contributed by atoms with Gasteiger partial charge in [-0.15, -0.1) is 0 Å². The summed E-state index contributed by atoms with van der Waals surface area (Å²) >= 11 is 0. The molecule has 1 aromatic rings. The number of amides is 1. The fraction of sp³-hybridized carbons (Fsp3) is 0.385. The quantitative estimate of drug-likeness (QED) is 0.795. The Hall–Kier alpha value is -2.28. The van der Waals surface area contributed by atoms with Gasteiger partial charge in [0.2, 0.25) is 6.79 Å². The van der Waals surface area contributed by atoms with Crippen LogP contribution in [-0.2, 0) is 4.79 Å². The van der Waals surface area contributed by atoms with Gasteiger partial charge in [-0.25, -0.2) is 4.79 Å². The highest BCUT2D eigenvalue weighted by atomic mass is 16.7. The Bertz CT molecular complexity index is 572. The van der Waals surface area contributed by atoms with Crippen LogP contribution < -0.4 is 9.47 Å². The van der Waals surface area contributed by atoms with Gasteiger partial charge in [-0.1, -0.05) is 0 Å². The molecule has 0 unspecified atom stereocenters. The first kappa shape index (κ1) is 12.7. The number of aliphatic hydroxyl groups excluding tert-OH is 1. The van der Waals surface area contributed by atoms with E-state index >= 15 is 0 Å². The molecule has 0 spiro atoms. The number of aliphatic hydroxyl groups is 1. The minimum atomic E-state index is -1.12. The number of likely N-dealkylation sites (tertiary alicyclic amines) is 1. The van der Waals surface area contributed by atoms with Crippen molar-refractivity contribution in [2.45, 2.75) is 18.6 Å². The highest BCUT2D eigenvalue weighted by Gasteiger charge is 2.39. The molecule has 1 fully saturated rings. The SMILES string of the molecule is O=C(O)[C@H]1C[C@@H](O)CN1C(=O)c1ccc2c(c1)OCO2. The molecule has 3 rings (SSSR count). The predicted octanol–water partition coefficient (Wildman–Crippen LogP) is 0.0753. The van der Waals surface area contributed by atoms with Gasteiger partial charge in [0.1, 0.15) is 6.04 Å². The van der Waals surface area contributed by atoms with Gasteiger partial charge in [-0.2, -0.15) is 0 Å². The molecule has 0 aromatic heterocycles. The van der Waals surface area contributed by atoms with Crippen molar-refractivity contribution in [3.8, 4) is 11.5 Å². The van der Waals surface area contributed by atoms with E-state index in [1.165, 1.54) is 11.0 Å². The molecule has 7 heteroatoms. The average Bonchev–Trinajstić information content (AvgIpc) is 3.02. The molecule has 2 heterocycles. The van der Waals surface area contributed by atoms with Crippen molar-refractivity contribution in [1.82, 2.24) is 4.90 Å². The third-order valence-corrected chi connectivity index (χ3v) is 3.44. The monoisotopic (exact) mass is 279 g/mol. The van der Waals surface area contributed by atoms with E-state index in [2.05, 4.69) is 0 Å². The minimum Gasteiger partial charge on any atom is -0.480 e. The molecule has 0 bridgehead atoms. The lowest BCUT2D eigenvalue weighted by Crippen LogP contribution is -2.40. The Labute approximate surface area is 114 Å². The summed E-state index contributed by atoms with van der Waals surface area (Å²) in [6.45, 7) is 0.122. The van der Waals surface area contributed by atoms with Crippen LogP contribution in [-0.4, -0.2) is 52.5 Å². The fourth-order valence-corrected chi connectivity index (χ4v) is 2.47. The molecule has 7 nitrogen and oxygen atoms in total. The van der Waals surface area contributed by atoms with Gasteiger partial charge in [-0.3, -0.25) is 4.79 Å². The van der Waals surface area contributed by atoms with Crippen molar-refractivity contribution in [3.05, 3.63) is 23.8 Å². The van der Waals surface area contributed by atoms with Gasteiger partial charge in [0.05, 0.1) is 6.10 Å². The van der Waals surface area contributed by atoms with E-state index in [1.54, 1.807) is 12.1 Å². The second kappa shape index (κ2) is 4.68. The first-order valence-electron chi connectivity index (χ1n) is 6.18. The number of nitrogens with zero attached hydrogens (tertiary/aromatic N) is 1. The second-order valence-corrected chi connectivity index (χ2v) is 4.77. The number of fused-ring (bicyclic) bond motifs is 1. The molecule has 1 saturated heterocycles. The summed E-state index contributed by atoms with van der Waals surface area (Å²) in [6.07, 6.45) is -0.764. The molecule has 0 aliphatic carbocycles. The highest BCUT2D eigenvalue weighted by molar-refractivity contribution is 5.97. The van der Waals surface area contributed by atoms with Crippen LogP contribution in [0.4, 0.5) is 0 Å². The van der Waals surface area contributed by atoms with Crippen LogP contribution in [0.3, 0.4) is 0 Å². The second-order valence-electron chi connectivity index (χ2n) is 4.77. The van der Waals surface area contributed by atoms with Crippen LogP contribution in [0, 0.1) is 0 Å². The van der Waals surface area contributed by atoms with E-state index < -0.39 is 24.0 Å². The topological polar surface area (TPSA) is 96.3 Å². The van der Waals surface area contributed by atoms with Crippen molar-refractivity contribution >= 4 is 11.9 Å². The molecule has 2 aliphatic heterocycles. The minimum absolute atomic E-state index is 0.0181. The fourth-order valence-electron chi connectivity index (χ4n) is 2.47. The summed E-state index contributed by atoms with van der Waals surface area (Å²) in [5.41, 5.74) is 0.314. The summed E-state index contributed by atoms with van der Waals surface area (Å²) < 4.78 is 10.3. The number of carboxylic acids is 1. The van der Waals surface area contributed by atoms with Crippen molar-refractivity contribution in [3.63, 3.8) is 0 Å². The van der Waals surface area contributed by atoms with E-state index in [0.717, 1.165) is 0 Å². The highest BCUT2D eigenvalue weighted by Crippen LogP contribution is 2.33. The molecular weight excluding hydrogens is 266 g/mol. The Morgan fingerprint density at radius 1 is 1.25 bits per heavy atom. The lowest BCUT2D eigenvalue weighted by atomic mass is 10.1. The zero-order valence-corrected chi connectivity index (χ0v) is 10.5. The van der Waals surface area contributed by atoms with Crippen LogP contribution in [0.25, 0.3) is 0 Å². The van der Waals surface area contributed by atoms with Gasteiger partial charge in [-0.05, 0) is 18.2 Å². The molecule has 0 radical (unpaired) electrons. The van der Waals surface area contributed by atoms with Gasteiger partial charge in [0.15, 0.2) is 11.5 Å². The zero-order chi connectivity index (χ0) is 14.3. The Kier molecular flexibility index (Phi) is 2.98. The summed E-state index contributed by atoms with van der Waals surface area (Å²) in [5, 5.41) is 18.7. The normalized spacial score (nSPS) is 23.9. The summed E-state index contributed by atoms with van der Waals surface area (Å²) in [5.74, 6) is -0.539. The van der Waals surface area contributed by atoms with Gasteiger partial charge >= 0.3 is 5.97 Å². The van der Waals surface area contributed by atoms with Crippen LogP contribution >= 0.6 is 0 Å². The maximum absolute atomic E-state index is 12.4. The molecule has 20 heavy (non-hydrogen) atoms. The molecule has 1 amide bonds. The molecule has 2 atom stereocenters. The summed E-state index contributed by atoms with van der Waals surface area (Å²) in [4.78, 5) is 24.7. The van der Waals surface area contributed by atoms with E-state index in [9.17, 15) is 14.7 Å². The maximum atomic E-state index is 12.4. The van der Waals surface area contributed by atoms with Crippen LogP contribution in [0.15, 0.2) is 18.2 Å². The first-order chi connectivity index (χ1) is 9.56. The lowest BCUT2D eigenvalue weighted by molar-refractivity contribution is -0.141. The number of rotatable bonds is 2. The van der Waals surface area contributed by atoms with Crippen molar-refractivity contribution in [2.24, 2.45) is 0 Å². The molecule has 1 aromatic carbocycles. The van der Waals surface area contributed by atoms with E-state index in [-0.39, 0.29) is 19.8 Å². The van der Waals surface area contributed by atoms with Gasteiger partial charge in [0, 0.05) is 18.5 Å². The van der Waals surface area contributed by atoms with E-state index in [0.29, 0.717) is 17.1 Å². The molecule has 2 N–H and O–H groups in total. The zero-order valence-electron chi connectivity index (χ0n) is 10.5. The number of ether oxygens (including phenoxy) is 2. The first-order valence-corrected chi connectivity index (χ1v) is 6.18. The molecular formula is C13H13NO6. The number of carboxylic acid groups (broad SMARTS) is 1. The van der Waals surface area contributed by atoms with Crippen molar-refractivity contribution in [1.29, 1.82) is 0 Å². The molecule has 2 aliphatic rings. The number of hydrogen-bond donors (Lipinski definition) is 2. The summed E-state index contributed by atoms with van der Waals surface area (Å²) in [7, 11) is 0. The lowest BCUT2D eigenvalue weighted by Gasteiger charge is -2.21. The van der Waals surface area contributed by atoms with Crippen LogP contribution in [0.2, 0.25) is 0 Å². The van der Waals surface area contributed by atoms with E-state index in [1.807, 2.05) is 0 Å². The number of benzene rings is 1. The molecule has 0 saturated carbocycles.